The van der Waals surface area contributed by atoms with Gasteiger partial charge in [0.15, 0.2) is 0 Å². The lowest BCUT2D eigenvalue weighted by molar-refractivity contribution is 0.416. The van der Waals surface area contributed by atoms with Gasteiger partial charge in [0.05, 0.1) is 0 Å². The second kappa shape index (κ2) is 8.22. The van der Waals surface area contributed by atoms with Crippen LogP contribution in [0.2, 0.25) is 0 Å². The van der Waals surface area contributed by atoms with E-state index < -0.39 is 0 Å². The third-order valence-corrected chi connectivity index (χ3v) is 3.16. The summed E-state index contributed by atoms with van der Waals surface area (Å²) in [6, 6.07) is 4.35. The van der Waals surface area contributed by atoms with Gasteiger partial charge < -0.3 is 15.1 Å². The van der Waals surface area contributed by atoms with Crippen LogP contribution < -0.4 is 10.2 Å². The molecule has 0 amide bonds. The van der Waals surface area contributed by atoms with Crippen molar-refractivity contribution in [3.63, 3.8) is 0 Å². The first-order valence-corrected chi connectivity index (χ1v) is 7.42. The van der Waals surface area contributed by atoms with Crippen LogP contribution in [0.5, 0.6) is 0 Å². The lowest BCUT2D eigenvalue weighted by Crippen LogP contribution is -2.29. The van der Waals surface area contributed by atoms with E-state index in [4.69, 9.17) is 0 Å². The molecule has 0 unspecified atom stereocenters. The molecule has 0 aliphatic rings. The first kappa shape index (κ1) is 16.9. The smallest absolute Gasteiger partial charge is 0.128 e. The topological polar surface area (TPSA) is 31.4 Å². The van der Waals surface area contributed by atoms with Gasteiger partial charge in [-0.15, -0.1) is 0 Å². The van der Waals surface area contributed by atoms with Crippen molar-refractivity contribution in [2.24, 2.45) is 5.92 Å². The fraction of sp³-hybridized carbons (Fsp3) is 0.688. The molecule has 114 valence electrons. The average Bonchev–Trinajstić information content (AvgIpc) is 2.34. The van der Waals surface area contributed by atoms with E-state index in [1.165, 1.54) is 5.56 Å². The van der Waals surface area contributed by atoms with E-state index in [2.05, 4.69) is 74.1 Å². The van der Waals surface area contributed by atoms with Gasteiger partial charge in [-0.25, -0.2) is 4.98 Å². The molecule has 0 aliphatic carbocycles. The second-order valence-electron chi connectivity index (χ2n) is 6.22. The standard InChI is InChI=1S/C16H30N4/c1-13(2)11-17-12-15-9-14(3)18-16(10-15)20(6)8-7-19(4)5/h9-10,13,17H,7-8,11-12H2,1-6H3. The molecule has 0 aromatic carbocycles. The quantitative estimate of drug-likeness (QED) is 0.789. The maximum absolute atomic E-state index is 4.63. The molecule has 0 radical (unpaired) electrons. The highest BCUT2D eigenvalue weighted by Gasteiger charge is 2.06. The van der Waals surface area contributed by atoms with Gasteiger partial charge in [-0.3, -0.25) is 0 Å². The van der Waals surface area contributed by atoms with Crippen molar-refractivity contribution in [2.75, 3.05) is 45.7 Å². The highest BCUT2D eigenvalue weighted by atomic mass is 15.2. The molecule has 1 aromatic heterocycles. The molecule has 4 heteroatoms. The largest absolute Gasteiger partial charge is 0.358 e. The molecule has 0 spiro atoms. The first-order chi connectivity index (χ1) is 9.38. The van der Waals surface area contributed by atoms with Gasteiger partial charge in [-0.1, -0.05) is 13.8 Å². The predicted molar refractivity (Wildman–Crippen MR) is 87.3 cm³/mol. The maximum atomic E-state index is 4.63. The molecule has 0 saturated heterocycles. The normalized spacial score (nSPS) is 11.4. The van der Waals surface area contributed by atoms with Crippen molar-refractivity contribution in [2.45, 2.75) is 27.3 Å². The summed E-state index contributed by atoms with van der Waals surface area (Å²) >= 11 is 0. The average molecular weight is 278 g/mol. The van der Waals surface area contributed by atoms with Gasteiger partial charge in [-0.05, 0) is 51.2 Å². The summed E-state index contributed by atoms with van der Waals surface area (Å²) < 4.78 is 0. The Morgan fingerprint density at radius 2 is 1.85 bits per heavy atom. The lowest BCUT2D eigenvalue weighted by atomic mass is 10.2. The number of pyridine rings is 1. The monoisotopic (exact) mass is 278 g/mol. The molecule has 20 heavy (non-hydrogen) atoms. The van der Waals surface area contributed by atoms with E-state index in [-0.39, 0.29) is 0 Å². The Balaban J connectivity index is 2.65. The van der Waals surface area contributed by atoms with Crippen LogP contribution in [-0.4, -0.2) is 50.7 Å². The zero-order chi connectivity index (χ0) is 15.1. The Hall–Kier alpha value is -1.13. The summed E-state index contributed by atoms with van der Waals surface area (Å²) in [5.74, 6) is 1.74. The number of nitrogens with one attached hydrogen (secondary N) is 1. The second-order valence-corrected chi connectivity index (χ2v) is 6.22. The molecule has 1 rings (SSSR count). The molecule has 0 bridgehead atoms. The van der Waals surface area contributed by atoms with Gasteiger partial charge in [0.2, 0.25) is 0 Å². The number of nitrogens with zero attached hydrogens (tertiary/aromatic N) is 3. The van der Waals surface area contributed by atoms with Crippen LogP contribution in [0.15, 0.2) is 12.1 Å². The summed E-state index contributed by atoms with van der Waals surface area (Å²) in [5.41, 5.74) is 2.39. The minimum atomic E-state index is 0.681. The maximum Gasteiger partial charge on any atom is 0.128 e. The van der Waals surface area contributed by atoms with Crippen LogP contribution in [0.4, 0.5) is 5.82 Å². The van der Waals surface area contributed by atoms with Crippen molar-refractivity contribution in [3.05, 3.63) is 23.4 Å². The third kappa shape index (κ3) is 6.35. The minimum absolute atomic E-state index is 0.681. The first-order valence-electron chi connectivity index (χ1n) is 7.42. The summed E-state index contributed by atoms with van der Waals surface area (Å²) in [4.78, 5) is 9.05. The number of rotatable bonds is 8. The van der Waals surface area contributed by atoms with Crippen LogP contribution in [-0.2, 0) is 6.54 Å². The van der Waals surface area contributed by atoms with E-state index in [1.807, 2.05) is 0 Å². The molecule has 0 aliphatic heterocycles. The number of anilines is 1. The molecule has 4 nitrogen and oxygen atoms in total. The molecule has 1 N–H and O–H groups in total. The van der Waals surface area contributed by atoms with Crippen LogP contribution in [0.25, 0.3) is 0 Å². The fourth-order valence-electron chi connectivity index (χ4n) is 1.99. The Labute approximate surface area is 124 Å². The number of hydrogen-bond acceptors (Lipinski definition) is 4. The third-order valence-electron chi connectivity index (χ3n) is 3.16. The Kier molecular flexibility index (Phi) is 6.96. The number of aryl methyl sites for hydroxylation is 1. The summed E-state index contributed by atoms with van der Waals surface area (Å²) in [5, 5.41) is 3.49. The molecule has 0 atom stereocenters. The van der Waals surface area contributed by atoms with Crippen molar-refractivity contribution in [1.29, 1.82) is 0 Å². The van der Waals surface area contributed by atoms with Gasteiger partial charge in [0.1, 0.15) is 5.82 Å². The number of hydrogen-bond donors (Lipinski definition) is 1. The lowest BCUT2D eigenvalue weighted by Gasteiger charge is -2.21. The van der Waals surface area contributed by atoms with E-state index >= 15 is 0 Å². The number of aromatic nitrogens is 1. The fourth-order valence-corrected chi connectivity index (χ4v) is 1.99. The Morgan fingerprint density at radius 3 is 2.45 bits per heavy atom. The van der Waals surface area contributed by atoms with Gasteiger partial charge in [0, 0.05) is 32.4 Å². The van der Waals surface area contributed by atoms with E-state index in [1.54, 1.807) is 0 Å². The van der Waals surface area contributed by atoms with Crippen LogP contribution in [0, 0.1) is 12.8 Å². The number of likely N-dealkylation sites (N-methyl/N-ethyl adjacent to an activating group) is 2. The zero-order valence-corrected chi connectivity index (χ0v) is 13.9. The molecular weight excluding hydrogens is 248 g/mol. The summed E-state index contributed by atoms with van der Waals surface area (Å²) in [7, 11) is 6.30. The van der Waals surface area contributed by atoms with Crippen LogP contribution >= 0.6 is 0 Å². The van der Waals surface area contributed by atoms with Crippen molar-refractivity contribution >= 4 is 5.82 Å². The zero-order valence-electron chi connectivity index (χ0n) is 13.9. The highest BCUT2D eigenvalue weighted by Crippen LogP contribution is 2.13. The summed E-state index contributed by atoms with van der Waals surface area (Å²) in [6.45, 7) is 10.5. The highest BCUT2D eigenvalue weighted by molar-refractivity contribution is 5.41. The van der Waals surface area contributed by atoms with Gasteiger partial charge in [0.25, 0.3) is 0 Å². The van der Waals surface area contributed by atoms with E-state index in [0.717, 1.165) is 37.7 Å². The van der Waals surface area contributed by atoms with Crippen LogP contribution in [0.1, 0.15) is 25.1 Å². The van der Waals surface area contributed by atoms with Gasteiger partial charge >= 0.3 is 0 Å². The molecule has 0 saturated carbocycles. The molecular formula is C16H30N4. The Morgan fingerprint density at radius 1 is 1.15 bits per heavy atom. The predicted octanol–water partition coefficient (Wildman–Crippen LogP) is 2.13. The molecule has 1 aromatic rings. The molecule has 1 heterocycles. The van der Waals surface area contributed by atoms with Crippen molar-refractivity contribution in [1.82, 2.24) is 15.2 Å². The summed E-state index contributed by atoms with van der Waals surface area (Å²) in [6.07, 6.45) is 0. The van der Waals surface area contributed by atoms with E-state index in [0.29, 0.717) is 5.92 Å². The molecule has 0 fully saturated rings. The van der Waals surface area contributed by atoms with E-state index in [9.17, 15) is 0 Å². The minimum Gasteiger partial charge on any atom is -0.358 e. The SMILES string of the molecule is Cc1cc(CNCC(C)C)cc(N(C)CCN(C)C)n1. The van der Waals surface area contributed by atoms with Crippen LogP contribution in [0.3, 0.4) is 0 Å². The van der Waals surface area contributed by atoms with Gasteiger partial charge in [-0.2, -0.15) is 0 Å². The van der Waals surface area contributed by atoms with Crippen molar-refractivity contribution in [3.8, 4) is 0 Å². The Bertz CT molecular complexity index is 401. The van der Waals surface area contributed by atoms with Crippen molar-refractivity contribution < 1.29 is 0 Å².